The van der Waals surface area contributed by atoms with Gasteiger partial charge in [0.25, 0.3) is 5.56 Å². The lowest BCUT2D eigenvalue weighted by atomic mass is 9.87. The minimum Gasteiger partial charge on any atom is -0.352 e. The van der Waals surface area contributed by atoms with Crippen LogP contribution in [0, 0.1) is 5.92 Å². The molecule has 2 aromatic rings. The molecule has 1 aliphatic carbocycles. The van der Waals surface area contributed by atoms with Crippen LogP contribution >= 0.6 is 15.9 Å². The lowest BCUT2D eigenvalue weighted by molar-refractivity contribution is -0.122. The topological polar surface area (TPSA) is 81.8 Å². The van der Waals surface area contributed by atoms with E-state index in [1.54, 1.807) is 7.05 Å². The molecule has 0 unspecified atom stereocenters. The Labute approximate surface area is 142 Å². The molecular formula is C15H20BrN5O2. The monoisotopic (exact) mass is 381 g/mol. The van der Waals surface area contributed by atoms with Crippen LogP contribution in [0.3, 0.4) is 0 Å². The number of amides is 1. The first-order chi connectivity index (χ1) is 11.0. The number of hydrogen-bond donors (Lipinski definition) is 1. The lowest BCUT2D eigenvalue weighted by Crippen LogP contribution is -2.40. The number of aromatic nitrogens is 4. The highest BCUT2D eigenvalue weighted by molar-refractivity contribution is 9.10. The molecular weight excluding hydrogens is 362 g/mol. The first-order valence-corrected chi connectivity index (χ1v) is 8.62. The van der Waals surface area contributed by atoms with Gasteiger partial charge in [-0.05, 0) is 47.5 Å². The minimum absolute atomic E-state index is 0.0187. The summed E-state index contributed by atoms with van der Waals surface area (Å²) in [7, 11) is 1.72. The summed E-state index contributed by atoms with van der Waals surface area (Å²) in [4.78, 5) is 28.9. The SMILES string of the molecule is CC1CCC(NC(=O)Cn2cnc3c(c(Br)nn3C)c2=O)CC1. The van der Waals surface area contributed by atoms with Crippen LogP contribution in [0.1, 0.15) is 32.6 Å². The van der Waals surface area contributed by atoms with Crippen LogP contribution < -0.4 is 10.9 Å². The number of halogens is 1. The second-order valence-electron chi connectivity index (χ2n) is 6.31. The standard InChI is InChI=1S/C15H20BrN5O2/c1-9-3-5-10(6-4-9)18-11(22)7-21-8-17-14-12(15(21)23)13(16)19-20(14)2/h8-10H,3-7H2,1-2H3,(H,18,22). The van der Waals surface area contributed by atoms with E-state index in [4.69, 9.17) is 0 Å². The summed E-state index contributed by atoms with van der Waals surface area (Å²) in [5, 5.41) is 7.55. The molecule has 0 radical (unpaired) electrons. The molecule has 124 valence electrons. The van der Waals surface area contributed by atoms with Gasteiger partial charge >= 0.3 is 0 Å². The van der Waals surface area contributed by atoms with Crippen LogP contribution in [0.15, 0.2) is 15.7 Å². The molecule has 8 heteroatoms. The Morgan fingerprint density at radius 1 is 1.39 bits per heavy atom. The normalized spacial score (nSPS) is 21.5. The third kappa shape index (κ3) is 3.31. The van der Waals surface area contributed by atoms with Gasteiger partial charge in [-0.25, -0.2) is 9.67 Å². The molecule has 1 aliphatic rings. The van der Waals surface area contributed by atoms with E-state index < -0.39 is 0 Å². The van der Waals surface area contributed by atoms with Crippen molar-refractivity contribution in [1.29, 1.82) is 0 Å². The van der Waals surface area contributed by atoms with Crippen molar-refractivity contribution in [2.24, 2.45) is 13.0 Å². The van der Waals surface area contributed by atoms with Gasteiger partial charge in [-0.1, -0.05) is 6.92 Å². The third-order valence-corrected chi connectivity index (χ3v) is 5.02. The van der Waals surface area contributed by atoms with Gasteiger partial charge in [-0.2, -0.15) is 5.10 Å². The molecule has 0 saturated heterocycles. The van der Waals surface area contributed by atoms with Gasteiger partial charge in [0.15, 0.2) is 5.65 Å². The van der Waals surface area contributed by atoms with Crippen molar-refractivity contribution in [2.75, 3.05) is 0 Å². The van der Waals surface area contributed by atoms with Gasteiger partial charge < -0.3 is 5.32 Å². The fourth-order valence-electron chi connectivity index (χ4n) is 3.08. The molecule has 0 spiro atoms. The van der Waals surface area contributed by atoms with E-state index in [-0.39, 0.29) is 24.1 Å². The summed E-state index contributed by atoms with van der Waals surface area (Å²) >= 11 is 3.27. The second-order valence-corrected chi connectivity index (χ2v) is 7.07. The fraction of sp³-hybridized carbons (Fsp3) is 0.600. The Hall–Kier alpha value is -1.70. The highest BCUT2D eigenvalue weighted by Crippen LogP contribution is 2.23. The number of aryl methyl sites for hydroxylation is 1. The molecule has 0 atom stereocenters. The summed E-state index contributed by atoms with van der Waals surface area (Å²) in [5.41, 5.74) is 0.238. The molecule has 2 heterocycles. The minimum atomic E-state index is -0.262. The Morgan fingerprint density at radius 2 is 2.09 bits per heavy atom. The molecule has 0 aromatic carbocycles. The molecule has 1 amide bonds. The maximum Gasteiger partial charge on any atom is 0.266 e. The molecule has 23 heavy (non-hydrogen) atoms. The first-order valence-electron chi connectivity index (χ1n) is 7.82. The van der Waals surface area contributed by atoms with Crippen LogP contribution in [0.2, 0.25) is 0 Å². The highest BCUT2D eigenvalue weighted by atomic mass is 79.9. The zero-order valence-electron chi connectivity index (χ0n) is 13.3. The largest absolute Gasteiger partial charge is 0.352 e. The van der Waals surface area contributed by atoms with Crippen molar-refractivity contribution < 1.29 is 4.79 Å². The molecule has 3 rings (SSSR count). The van der Waals surface area contributed by atoms with Crippen molar-refractivity contribution in [3.8, 4) is 0 Å². The molecule has 2 aromatic heterocycles. The Bertz CT molecular complexity index is 789. The summed E-state index contributed by atoms with van der Waals surface area (Å²) < 4.78 is 3.31. The molecule has 1 N–H and O–H groups in total. The van der Waals surface area contributed by atoms with E-state index >= 15 is 0 Å². The number of nitrogens with one attached hydrogen (secondary N) is 1. The molecule has 1 fully saturated rings. The lowest BCUT2D eigenvalue weighted by Gasteiger charge is -2.26. The van der Waals surface area contributed by atoms with Crippen LogP contribution in [0.4, 0.5) is 0 Å². The summed E-state index contributed by atoms with van der Waals surface area (Å²) in [6, 6.07) is 0.219. The van der Waals surface area contributed by atoms with E-state index in [0.29, 0.717) is 15.6 Å². The molecule has 0 aliphatic heterocycles. The maximum absolute atomic E-state index is 12.5. The van der Waals surface area contributed by atoms with Crippen LogP contribution in [0.25, 0.3) is 11.0 Å². The smallest absolute Gasteiger partial charge is 0.266 e. The highest BCUT2D eigenvalue weighted by Gasteiger charge is 2.20. The average molecular weight is 382 g/mol. The first kappa shape index (κ1) is 16.2. The number of fused-ring (bicyclic) bond motifs is 1. The van der Waals surface area contributed by atoms with E-state index in [1.165, 1.54) is 15.6 Å². The van der Waals surface area contributed by atoms with Crippen LogP contribution in [-0.2, 0) is 18.4 Å². The predicted octanol–water partition coefficient (Wildman–Crippen LogP) is 1.59. The van der Waals surface area contributed by atoms with Gasteiger partial charge in [0.2, 0.25) is 5.91 Å². The number of carbonyl (C=O) groups excluding carboxylic acids is 1. The van der Waals surface area contributed by atoms with Crippen molar-refractivity contribution in [3.63, 3.8) is 0 Å². The summed E-state index contributed by atoms with van der Waals surface area (Å²) in [6.45, 7) is 2.22. The number of carbonyl (C=O) groups is 1. The number of nitrogens with zero attached hydrogens (tertiary/aromatic N) is 4. The summed E-state index contributed by atoms with van der Waals surface area (Å²) in [6.07, 6.45) is 5.70. The predicted molar refractivity (Wildman–Crippen MR) is 90.0 cm³/mol. The number of hydrogen-bond acceptors (Lipinski definition) is 4. The average Bonchev–Trinajstić information content (AvgIpc) is 2.79. The quantitative estimate of drug-likeness (QED) is 0.874. The molecule has 1 saturated carbocycles. The van der Waals surface area contributed by atoms with Crippen molar-refractivity contribution in [3.05, 3.63) is 21.3 Å². The molecule has 7 nitrogen and oxygen atoms in total. The van der Waals surface area contributed by atoms with E-state index in [0.717, 1.165) is 31.6 Å². The summed E-state index contributed by atoms with van der Waals surface area (Å²) in [5.74, 6) is 0.591. The van der Waals surface area contributed by atoms with E-state index in [1.807, 2.05) is 0 Å². The number of rotatable bonds is 3. The molecule has 0 bridgehead atoms. The van der Waals surface area contributed by atoms with Gasteiger partial charge in [0, 0.05) is 13.1 Å². The maximum atomic E-state index is 12.5. The van der Waals surface area contributed by atoms with Crippen LogP contribution in [-0.4, -0.2) is 31.3 Å². The fourth-order valence-corrected chi connectivity index (χ4v) is 3.67. The van der Waals surface area contributed by atoms with Crippen LogP contribution in [0.5, 0.6) is 0 Å². The van der Waals surface area contributed by atoms with Crippen molar-refractivity contribution in [2.45, 2.75) is 45.2 Å². The Kier molecular flexibility index (Phi) is 4.52. The zero-order chi connectivity index (χ0) is 16.6. The van der Waals surface area contributed by atoms with Crippen molar-refractivity contribution >= 4 is 32.9 Å². The Balaban J connectivity index is 1.74. The third-order valence-electron chi connectivity index (χ3n) is 4.46. The van der Waals surface area contributed by atoms with E-state index in [2.05, 4.69) is 38.3 Å². The van der Waals surface area contributed by atoms with E-state index in [9.17, 15) is 9.59 Å². The van der Waals surface area contributed by atoms with Gasteiger partial charge in [-0.15, -0.1) is 0 Å². The van der Waals surface area contributed by atoms with Gasteiger partial charge in [-0.3, -0.25) is 14.2 Å². The van der Waals surface area contributed by atoms with Crippen molar-refractivity contribution in [1.82, 2.24) is 24.6 Å². The second kappa shape index (κ2) is 6.43. The van der Waals surface area contributed by atoms with Gasteiger partial charge in [0.1, 0.15) is 22.9 Å². The van der Waals surface area contributed by atoms with Gasteiger partial charge in [0.05, 0.1) is 0 Å². The Morgan fingerprint density at radius 3 is 2.78 bits per heavy atom. The zero-order valence-corrected chi connectivity index (χ0v) is 14.8.